The van der Waals surface area contributed by atoms with E-state index in [1.54, 1.807) is 33.9 Å². The summed E-state index contributed by atoms with van der Waals surface area (Å²) in [5.74, 6) is 0.465. The van der Waals surface area contributed by atoms with Gasteiger partial charge in [-0.25, -0.2) is 19.7 Å². The Morgan fingerprint density at radius 2 is 1.86 bits per heavy atom. The topological polar surface area (TPSA) is 111 Å². The zero-order valence-corrected chi connectivity index (χ0v) is 27.1. The van der Waals surface area contributed by atoms with Crippen molar-refractivity contribution >= 4 is 51.6 Å². The second kappa shape index (κ2) is 12.5. The summed E-state index contributed by atoms with van der Waals surface area (Å²) in [6, 6.07) is 11.8. The molecular weight excluding hydrogens is 582 g/mol. The van der Waals surface area contributed by atoms with Gasteiger partial charge in [0.05, 0.1) is 60.3 Å². The molecule has 11 nitrogen and oxygen atoms in total. The molecule has 1 aliphatic heterocycles. The van der Waals surface area contributed by atoms with Crippen LogP contribution in [0.5, 0.6) is 5.75 Å². The van der Waals surface area contributed by atoms with Crippen LogP contribution in [-0.4, -0.2) is 85.7 Å². The van der Waals surface area contributed by atoms with Gasteiger partial charge in [0.15, 0.2) is 0 Å². The SMILES string of the molecule is COc1cc(N(C)CCN(C)C)c(N)cc1N(C(=O)OC(C)(C)C)c1ncc(Cl)c(-c2cn(C3COC3)c3ccccc23)n1. The van der Waals surface area contributed by atoms with Crippen molar-refractivity contribution in [2.45, 2.75) is 32.4 Å². The van der Waals surface area contributed by atoms with Crippen LogP contribution in [0.1, 0.15) is 26.8 Å². The van der Waals surface area contributed by atoms with E-state index in [0.29, 0.717) is 41.1 Å². The monoisotopic (exact) mass is 621 g/mol. The molecule has 0 bridgehead atoms. The van der Waals surface area contributed by atoms with E-state index in [1.165, 1.54) is 11.1 Å². The standard InChI is InChI=1S/C32H40ClN7O4/c1-32(2,3)44-31(41)40(27-14-24(34)26(15-28(27)42-7)38(6)13-12-37(4)5)30-35-16-23(33)29(36-30)22-17-39(20-18-43-19-20)25-11-9-8-10-21(22)25/h8-11,14-17,20H,12-13,18-19,34H2,1-7H3. The maximum atomic E-state index is 13.9. The number of fused-ring (bicyclic) bond motifs is 1. The summed E-state index contributed by atoms with van der Waals surface area (Å²) >= 11 is 6.75. The number of hydrogen-bond acceptors (Lipinski definition) is 9. The minimum Gasteiger partial charge on any atom is -0.494 e. The second-order valence-corrected chi connectivity index (χ2v) is 12.6. The Hall–Kier alpha value is -4.06. The van der Waals surface area contributed by atoms with Crippen molar-refractivity contribution in [1.29, 1.82) is 0 Å². The fourth-order valence-corrected chi connectivity index (χ4v) is 5.24. The molecular formula is C32H40ClN7O4. The number of rotatable bonds is 9. The molecule has 0 spiro atoms. The number of halogens is 1. The van der Waals surface area contributed by atoms with Gasteiger partial charge in [-0.05, 0) is 47.0 Å². The molecule has 0 aliphatic carbocycles. The zero-order chi connectivity index (χ0) is 31.8. The Kier molecular flexibility index (Phi) is 8.92. The summed E-state index contributed by atoms with van der Waals surface area (Å²) in [6.07, 6.45) is 2.84. The van der Waals surface area contributed by atoms with Crippen LogP contribution >= 0.6 is 11.6 Å². The molecule has 1 amide bonds. The molecule has 12 heteroatoms. The van der Waals surface area contributed by atoms with Crippen LogP contribution in [0.4, 0.5) is 27.8 Å². The molecule has 3 heterocycles. The lowest BCUT2D eigenvalue weighted by molar-refractivity contribution is -0.0213. The Morgan fingerprint density at radius 3 is 2.50 bits per heavy atom. The molecule has 4 aromatic rings. The van der Waals surface area contributed by atoms with Gasteiger partial charge in [-0.15, -0.1) is 0 Å². The van der Waals surface area contributed by atoms with Crippen molar-refractivity contribution < 1.29 is 19.0 Å². The maximum absolute atomic E-state index is 13.9. The number of para-hydroxylation sites is 1. The van der Waals surface area contributed by atoms with E-state index in [9.17, 15) is 4.79 Å². The molecule has 0 radical (unpaired) electrons. The van der Waals surface area contributed by atoms with E-state index in [0.717, 1.165) is 35.2 Å². The zero-order valence-electron chi connectivity index (χ0n) is 26.3. The van der Waals surface area contributed by atoms with E-state index in [1.807, 2.05) is 56.5 Å². The van der Waals surface area contributed by atoms with E-state index >= 15 is 0 Å². The average Bonchev–Trinajstić information content (AvgIpc) is 3.29. The molecule has 2 aromatic heterocycles. The van der Waals surface area contributed by atoms with Gasteiger partial charge in [0.25, 0.3) is 0 Å². The molecule has 1 saturated heterocycles. The molecule has 0 atom stereocenters. The number of nitrogens with two attached hydrogens (primary N) is 1. The van der Waals surface area contributed by atoms with Crippen molar-refractivity contribution in [3.63, 3.8) is 0 Å². The van der Waals surface area contributed by atoms with Gasteiger partial charge in [-0.3, -0.25) is 0 Å². The number of methoxy groups -OCH3 is 1. The van der Waals surface area contributed by atoms with Crippen molar-refractivity contribution in [3.8, 4) is 17.0 Å². The van der Waals surface area contributed by atoms with Crippen molar-refractivity contribution in [1.82, 2.24) is 19.4 Å². The normalized spacial score (nSPS) is 13.7. The van der Waals surface area contributed by atoms with Gasteiger partial charge >= 0.3 is 6.09 Å². The van der Waals surface area contributed by atoms with Gasteiger partial charge in [-0.2, -0.15) is 0 Å². The summed E-state index contributed by atoms with van der Waals surface area (Å²) < 4.78 is 19.3. The Balaban J connectivity index is 1.64. The van der Waals surface area contributed by atoms with Gasteiger partial charge < -0.3 is 34.3 Å². The Morgan fingerprint density at radius 1 is 1.14 bits per heavy atom. The summed E-state index contributed by atoms with van der Waals surface area (Å²) in [7, 11) is 7.53. The lowest BCUT2D eigenvalue weighted by Crippen LogP contribution is -2.35. The third-order valence-corrected chi connectivity index (χ3v) is 7.66. The number of benzene rings is 2. The van der Waals surface area contributed by atoms with E-state index in [4.69, 9.17) is 36.5 Å². The summed E-state index contributed by atoms with van der Waals surface area (Å²) in [5.41, 5.74) is 9.68. The molecule has 234 valence electrons. The van der Waals surface area contributed by atoms with E-state index in [-0.39, 0.29) is 12.0 Å². The third kappa shape index (κ3) is 6.40. The molecule has 2 N–H and O–H groups in total. The number of amides is 1. The Bertz CT molecular complexity index is 1660. The average molecular weight is 622 g/mol. The number of hydrogen-bond donors (Lipinski definition) is 1. The highest BCUT2D eigenvalue weighted by Crippen LogP contribution is 2.42. The lowest BCUT2D eigenvalue weighted by atomic mass is 10.1. The van der Waals surface area contributed by atoms with Crippen LogP contribution in [-0.2, 0) is 9.47 Å². The fraction of sp³-hybridized carbons (Fsp3) is 0.406. The smallest absolute Gasteiger partial charge is 0.422 e. The Labute approximate surface area is 263 Å². The van der Waals surface area contributed by atoms with E-state index < -0.39 is 11.7 Å². The van der Waals surface area contributed by atoms with Gasteiger partial charge in [0.2, 0.25) is 5.95 Å². The van der Waals surface area contributed by atoms with Crippen molar-refractivity contribution in [3.05, 3.63) is 53.8 Å². The number of aromatic nitrogens is 3. The lowest BCUT2D eigenvalue weighted by Gasteiger charge is -2.29. The quantitative estimate of drug-likeness (QED) is 0.225. The maximum Gasteiger partial charge on any atom is 0.422 e. The molecule has 2 aromatic carbocycles. The number of carbonyl (C=O) groups is 1. The van der Waals surface area contributed by atoms with Crippen molar-refractivity contribution in [2.75, 3.05) is 70.1 Å². The summed E-state index contributed by atoms with van der Waals surface area (Å²) in [5, 5.41) is 1.32. The number of nitrogens with zero attached hydrogens (tertiary/aromatic N) is 6. The first kappa shape index (κ1) is 31.4. The van der Waals surface area contributed by atoms with Crippen LogP contribution in [0.15, 0.2) is 48.8 Å². The minimum atomic E-state index is -0.798. The molecule has 0 saturated carbocycles. The first-order chi connectivity index (χ1) is 20.9. The largest absolute Gasteiger partial charge is 0.494 e. The number of anilines is 4. The highest BCUT2D eigenvalue weighted by molar-refractivity contribution is 6.33. The fourth-order valence-electron chi connectivity index (χ4n) is 5.04. The van der Waals surface area contributed by atoms with Crippen LogP contribution < -0.4 is 20.3 Å². The third-order valence-electron chi connectivity index (χ3n) is 7.38. The molecule has 5 rings (SSSR count). The van der Waals surface area contributed by atoms with Crippen LogP contribution in [0.3, 0.4) is 0 Å². The van der Waals surface area contributed by atoms with Crippen molar-refractivity contribution in [2.24, 2.45) is 0 Å². The highest BCUT2D eigenvalue weighted by atomic mass is 35.5. The predicted octanol–water partition coefficient (Wildman–Crippen LogP) is 5.98. The minimum absolute atomic E-state index is 0.0638. The first-order valence-electron chi connectivity index (χ1n) is 14.4. The molecule has 1 aliphatic rings. The number of carbonyl (C=O) groups excluding carboxylic acids is 1. The van der Waals surface area contributed by atoms with Crippen LogP contribution in [0.2, 0.25) is 5.02 Å². The van der Waals surface area contributed by atoms with Gasteiger partial charge in [-0.1, -0.05) is 29.8 Å². The predicted molar refractivity (Wildman–Crippen MR) is 175 cm³/mol. The highest BCUT2D eigenvalue weighted by Gasteiger charge is 2.32. The second-order valence-electron chi connectivity index (χ2n) is 12.1. The number of ether oxygens (including phenoxy) is 3. The number of nitrogen functional groups attached to an aromatic ring is 1. The molecule has 0 unspecified atom stereocenters. The van der Waals surface area contributed by atoms with Gasteiger partial charge in [0, 0.05) is 48.9 Å². The van der Waals surface area contributed by atoms with Crippen LogP contribution in [0.25, 0.3) is 22.2 Å². The van der Waals surface area contributed by atoms with Gasteiger partial charge in [0.1, 0.15) is 11.4 Å². The van der Waals surface area contributed by atoms with Crippen LogP contribution in [0, 0.1) is 0 Å². The summed E-state index contributed by atoms with van der Waals surface area (Å²) in [6.45, 7) is 8.22. The first-order valence-corrected chi connectivity index (χ1v) is 14.8. The van der Waals surface area contributed by atoms with E-state index in [2.05, 4.69) is 20.5 Å². The number of likely N-dealkylation sites (N-methyl/N-ethyl adjacent to an activating group) is 2. The summed E-state index contributed by atoms with van der Waals surface area (Å²) in [4.78, 5) is 28.7. The molecule has 44 heavy (non-hydrogen) atoms. The molecule has 1 fully saturated rings.